The van der Waals surface area contributed by atoms with Crippen molar-refractivity contribution in [1.29, 1.82) is 0 Å². The van der Waals surface area contributed by atoms with E-state index >= 15 is 0 Å². The van der Waals surface area contributed by atoms with E-state index in [1.807, 2.05) is 31.2 Å². The molecule has 2 N–H and O–H groups in total. The van der Waals surface area contributed by atoms with Crippen molar-refractivity contribution in [2.75, 3.05) is 13.1 Å². The Balaban J connectivity index is 0.00000208. The molecule has 1 aromatic heterocycles. The lowest BCUT2D eigenvalue weighted by atomic mass is 9.95. The number of carbonyl (C=O) groups is 1. The molecule has 1 aliphatic heterocycles. The zero-order valence-corrected chi connectivity index (χ0v) is 14.9. The molecule has 0 saturated carbocycles. The number of amides is 1. The molecule has 1 aliphatic rings. The summed E-state index contributed by atoms with van der Waals surface area (Å²) in [6.07, 6.45) is 0.929. The molecule has 0 bridgehead atoms. The van der Waals surface area contributed by atoms with E-state index in [0.29, 0.717) is 12.5 Å². The number of carbonyl (C=O) groups excluding carboxylic acids is 1. The molecule has 7 heteroatoms. The number of halogens is 1. The molecule has 1 fully saturated rings. The highest BCUT2D eigenvalue weighted by molar-refractivity contribution is 5.85. The van der Waals surface area contributed by atoms with Crippen LogP contribution in [0.2, 0.25) is 0 Å². The van der Waals surface area contributed by atoms with Gasteiger partial charge in [0.2, 0.25) is 5.91 Å². The Morgan fingerprint density at radius 1 is 1.29 bits per heavy atom. The predicted molar refractivity (Wildman–Crippen MR) is 97.7 cm³/mol. The van der Waals surface area contributed by atoms with Gasteiger partial charge in [-0.1, -0.05) is 19.1 Å². The normalized spacial score (nSPS) is 20.6. The fourth-order valence-corrected chi connectivity index (χ4v) is 3.36. The number of para-hydroxylation sites is 2. The van der Waals surface area contributed by atoms with E-state index in [-0.39, 0.29) is 36.6 Å². The Labute approximate surface area is 147 Å². The third kappa shape index (κ3) is 3.49. The summed E-state index contributed by atoms with van der Waals surface area (Å²) in [6.45, 7) is 6.58. The number of hydrogen-bond acceptors (Lipinski definition) is 3. The van der Waals surface area contributed by atoms with Crippen LogP contribution in [0.4, 0.5) is 0 Å². The van der Waals surface area contributed by atoms with Gasteiger partial charge in [0.25, 0.3) is 0 Å². The van der Waals surface area contributed by atoms with Gasteiger partial charge in [-0.15, -0.1) is 12.4 Å². The fraction of sp³-hybridized carbons (Fsp3) is 0.529. The molecule has 2 atom stereocenters. The topological polar surface area (TPSA) is 68.1 Å². The highest BCUT2D eigenvalue weighted by Gasteiger charge is 2.23. The number of nitrogens with one attached hydrogen (secondary N) is 2. The highest BCUT2D eigenvalue weighted by atomic mass is 35.5. The average molecular weight is 353 g/mol. The van der Waals surface area contributed by atoms with Gasteiger partial charge >= 0.3 is 5.69 Å². The van der Waals surface area contributed by atoms with E-state index in [2.05, 4.69) is 17.6 Å². The molecule has 6 nitrogen and oxygen atoms in total. The molecule has 24 heavy (non-hydrogen) atoms. The number of aromatic nitrogens is 2. The molecule has 0 spiro atoms. The minimum absolute atomic E-state index is 0. The smallest absolute Gasteiger partial charge is 0.329 e. The number of imidazole rings is 1. The number of hydrogen-bond donors (Lipinski definition) is 2. The molecule has 2 aromatic rings. The van der Waals surface area contributed by atoms with Crippen molar-refractivity contribution in [1.82, 2.24) is 19.8 Å². The Hall–Kier alpha value is -1.79. The lowest BCUT2D eigenvalue weighted by Crippen LogP contribution is -2.49. The molecule has 1 aromatic carbocycles. The van der Waals surface area contributed by atoms with Crippen LogP contribution in [0.1, 0.15) is 20.3 Å². The maximum absolute atomic E-state index is 12.5. The highest BCUT2D eigenvalue weighted by Crippen LogP contribution is 2.13. The van der Waals surface area contributed by atoms with Crippen molar-refractivity contribution in [3.05, 3.63) is 34.7 Å². The van der Waals surface area contributed by atoms with Crippen LogP contribution in [0.15, 0.2) is 29.1 Å². The van der Waals surface area contributed by atoms with Crippen LogP contribution in [0, 0.1) is 5.92 Å². The van der Waals surface area contributed by atoms with Crippen LogP contribution in [0.5, 0.6) is 0 Å². The van der Waals surface area contributed by atoms with Crippen LogP contribution < -0.4 is 16.3 Å². The molecular weight excluding hydrogens is 328 g/mol. The summed E-state index contributed by atoms with van der Waals surface area (Å²) in [5.41, 5.74) is 1.57. The monoisotopic (exact) mass is 352 g/mol. The van der Waals surface area contributed by atoms with Crippen molar-refractivity contribution in [2.45, 2.75) is 39.4 Å². The minimum atomic E-state index is -0.123. The molecule has 132 valence electrons. The Morgan fingerprint density at radius 3 is 2.58 bits per heavy atom. The maximum atomic E-state index is 12.5. The van der Waals surface area contributed by atoms with Gasteiger partial charge in [-0.25, -0.2) is 4.79 Å². The van der Waals surface area contributed by atoms with E-state index in [9.17, 15) is 9.59 Å². The fourth-order valence-electron chi connectivity index (χ4n) is 3.36. The van der Waals surface area contributed by atoms with Gasteiger partial charge in [0.05, 0.1) is 11.0 Å². The van der Waals surface area contributed by atoms with E-state index in [1.54, 1.807) is 9.13 Å². The number of rotatable bonds is 4. The Bertz CT molecular complexity index is 768. The molecule has 0 radical (unpaired) electrons. The van der Waals surface area contributed by atoms with Crippen molar-refractivity contribution in [2.24, 2.45) is 5.92 Å². The third-order valence-corrected chi connectivity index (χ3v) is 4.67. The summed E-state index contributed by atoms with van der Waals surface area (Å²) in [5.74, 6) is 0.311. The van der Waals surface area contributed by atoms with Crippen LogP contribution >= 0.6 is 12.4 Å². The van der Waals surface area contributed by atoms with Gasteiger partial charge in [0.1, 0.15) is 6.54 Å². The molecule has 0 aliphatic carbocycles. The number of nitrogens with zero attached hydrogens (tertiary/aromatic N) is 2. The number of aryl methyl sites for hydroxylation is 1. The van der Waals surface area contributed by atoms with Gasteiger partial charge in [0, 0.05) is 12.6 Å². The zero-order chi connectivity index (χ0) is 16.4. The molecule has 1 saturated heterocycles. The summed E-state index contributed by atoms with van der Waals surface area (Å²) in [7, 11) is 0. The Kier molecular flexibility index (Phi) is 6.07. The van der Waals surface area contributed by atoms with E-state index < -0.39 is 0 Å². The average Bonchev–Trinajstić information content (AvgIpc) is 2.81. The first kappa shape index (κ1) is 18.5. The third-order valence-electron chi connectivity index (χ3n) is 4.67. The first-order valence-corrected chi connectivity index (χ1v) is 8.30. The van der Waals surface area contributed by atoms with Crippen LogP contribution in [-0.4, -0.2) is 34.2 Å². The van der Waals surface area contributed by atoms with Gasteiger partial charge in [-0.2, -0.15) is 0 Å². The standard InChI is InChI=1S/C17H24N4O2.ClH/c1-3-20-14-6-4-5-7-15(14)21(17(20)23)11-16(22)19-13-8-9-18-10-12(13)2;/h4-7,12-13,18H,3,8-11H2,1-2H3,(H,19,22);1H. The summed E-state index contributed by atoms with van der Waals surface area (Å²) >= 11 is 0. The first-order chi connectivity index (χ1) is 11.1. The minimum Gasteiger partial charge on any atom is -0.351 e. The first-order valence-electron chi connectivity index (χ1n) is 8.30. The lowest BCUT2D eigenvalue weighted by molar-refractivity contribution is -0.122. The van der Waals surface area contributed by atoms with Gasteiger partial charge in [-0.05, 0) is 44.5 Å². The number of benzene rings is 1. The van der Waals surface area contributed by atoms with Crippen LogP contribution in [0.3, 0.4) is 0 Å². The van der Waals surface area contributed by atoms with E-state index in [4.69, 9.17) is 0 Å². The summed E-state index contributed by atoms with van der Waals surface area (Å²) < 4.78 is 3.27. The largest absolute Gasteiger partial charge is 0.351 e. The predicted octanol–water partition coefficient (Wildman–Crippen LogP) is 1.36. The summed E-state index contributed by atoms with van der Waals surface area (Å²) in [6, 6.07) is 7.80. The van der Waals surface area contributed by atoms with E-state index in [1.165, 1.54) is 0 Å². The zero-order valence-electron chi connectivity index (χ0n) is 14.1. The lowest BCUT2D eigenvalue weighted by Gasteiger charge is -2.30. The maximum Gasteiger partial charge on any atom is 0.329 e. The van der Waals surface area contributed by atoms with Crippen LogP contribution in [0.25, 0.3) is 11.0 Å². The number of piperidine rings is 1. The second kappa shape index (κ2) is 7.85. The molecule has 2 heterocycles. The second-order valence-corrected chi connectivity index (χ2v) is 6.25. The van der Waals surface area contributed by atoms with Crippen LogP contribution in [-0.2, 0) is 17.9 Å². The van der Waals surface area contributed by atoms with Crippen molar-refractivity contribution < 1.29 is 4.79 Å². The molecule has 3 rings (SSSR count). The van der Waals surface area contributed by atoms with E-state index in [0.717, 1.165) is 30.5 Å². The summed E-state index contributed by atoms with van der Waals surface area (Å²) in [4.78, 5) is 25.0. The van der Waals surface area contributed by atoms with Gasteiger partial charge in [-0.3, -0.25) is 13.9 Å². The van der Waals surface area contributed by atoms with Crippen molar-refractivity contribution >= 4 is 29.3 Å². The van der Waals surface area contributed by atoms with Crippen molar-refractivity contribution in [3.8, 4) is 0 Å². The number of fused-ring (bicyclic) bond motifs is 1. The SMILES string of the molecule is CCn1c(=O)n(CC(=O)NC2CCNCC2C)c2ccccc21.Cl. The Morgan fingerprint density at radius 2 is 1.96 bits per heavy atom. The molecular formula is C17H25ClN4O2. The molecule has 1 amide bonds. The quantitative estimate of drug-likeness (QED) is 0.873. The second-order valence-electron chi connectivity index (χ2n) is 6.25. The summed E-state index contributed by atoms with van der Waals surface area (Å²) in [5, 5.41) is 6.41. The van der Waals surface area contributed by atoms with Gasteiger partial charge < -0.3 is 10.6 Å². The molecule has 2 unspecified atom stereocenters. The van der Waals surface area contributed by atoms with Crippen molar-refractivity contribution in [3.63, 3.8) is 0 Å². The van der Waals surface area contributed by atoms with Gasteiger partial charge in [0.15, 0.2) is 0 Å².